The predicted molar refractivity (Wildman–Crippen MR) is 117 cm³/mol. The van der Waals surface area contributed by atoms with Gasteiger partial charge in [0.1, 0.15) is 0 Å². The van der Waals surface area contributed by atoms with Gasteiger partial charge in [0, 0.05) is 74.4 Å². The Labute approximate surface area is 165 Å². The highest BCUT2D eigenvalue weighted by atomic mass is 16.2. The third-order valence-electron chi connectivity index (χ3n) is 5.51. The topological polar surface area (TPSA) is 54.6 Å². The molecule has 0 spiro atoms. The maximum absolute atomic E-state index is 12.8. The van der Waals surface area contributed by atoms with Crippen molar-refractivity contribution in [2.75, 3.05) is 55.4 Å². The Bertz CT molecular complexity index is 986. The van der Waals surface area contributed by atoms with E-state index in [1.807, 2.05) is 44.2 Å². The normalized spacial score (nSPS) is 14.4. The molecule has 146 valence electrons. The Kier molecular flexibility index (Phi) is 4.86. The van der Waals surface area contributed by atoms with Crippen molar-refractivity contribution in [2.45, 2.75) is 6.92 Å². The van der Waals surface area contributed by atoms with Crippen LogP contribution in [0.1, 0.15) is 5.56 Å². The molecule has 2 aromatic carbocycles. The SMILES string of the molecule is Cc1c(NC(=O)N2CCN(c3cccc4[nH]ccc34)CC2)cccc1N(C)C. The summed E-state index contributed by atoms with van der Waals surface area (Å²) in [7, 11) is 4.02. The number of nitrogens with one attached hydrogen (secondary N) is 2. The van der Waals surface area contributed by atoms with Gasteiger partial charge < -0.3 is 25.0 Å². The minimum absolute atomic E-state index is 0.0292. The second-order valence-electron chi connectivity index (χ2n) is 7.46. The van der Waals surface area contributed by atoms with Crippen LogP contribution in [0.4, 0.5) is 21.9 Å². The molecule has 6 nitrogen and oxygen atoms in total. The lowest BCUT2D eigenvalue weighted by Crippen LogP contribution is -2.50. The van der Waals surface area contributed by atoms with E-state index in [0.717, 1.165) is 35.5 Å². The van der Waals surface area contributed by atoms with E-state index in [1.54, 1.807) is 0 Å². The highest BCUT2D eigenvalue weighted by Crippen LogP contribution is 2.28. The van der Waals surface area contributed by atoms with Gasteiger partial charge in [0.05, 0.1) is 0 Å². The van der Waals surface area contributed by atoms with Gasteiger partial charge in [-0.05, 0) is 42.8 Å². The Balaban J connectivity index is 1.42. The van der Waals surface area contributed by atoms with Crippen LogP contribution in [0.15, 0.2) is 48.7 Å². The van der Waals surface area contributed by atoms with Crippen LogP contribution >= 0.6 is 0 Å². The molecule has 2 N–H and O–H groups in total. The number of carbonyl (C=O) groups excluding carboxylic acids is 1. The van der Waals surface area contributed by atoms with Gasteiger partial charge in [-0.25, -0.2) is 4.79 Å². The first-order chi connectivity index (χ1) is 13.5. The third kappa shape index (κ3) is 3.38. The third-order valence-corrected chi connectivity index (χ3v) is 5.51. The van der Waals surface area contributed by atoms with Gasteiger partial charge in [0.15, 0.2) is 0 Å². The average molecular weight is 377 g/mol. The van der Waals surface area contributed by atoms with Crippen molar-refractivity contribution in [1.82, 2.24) is 9.88 Å². The van der Waals surface area contributed by atoms with Gasteiger partial charge in [-0.15, -0.1) is 0 Å². The molecule has 2 heterocycles. The number of rotatable bonds is 3. The van der Waals surface area contributed by atoms with E-state index in [2.05, 4.69) is 50.4 Å². The summed E-state index contributed by atoms with van der Waals surface area (Å²) in [5.74, 6) is 0. The number of benzene rings is 2. The second kappa shape index (κ2) is 7.46. The van der Waals surface area contributed by atoms with Crippen LogP contribution in [-0.2, 0) is 0 Å². The number of urea groups is 1. The van der Waals surface area contributed by atoms with Gasteiger partial charge in [-0.2, -0.15) is 0 Å². The molecule has 6 heteroatoms. The zero-order chi connectivity index (χ0) is 19.7. The Morgan fingerprint density at radius 3 is 2.54 bits per heavy atom. The molecular formula is C22H27N5O. The van der Waals surface area contributed by atoms with Gasteiger partial charge >= 0.3 is 6.03 Å². The number of amides is 2. The number of nitrogens with zero attached hydrogens (tertiary/aromatic N) is 3. The fourth-order valence-corrected chi connectivity index (χ4v) is 3.93. The summed E-state index contributed by atoms with van der Waals surface area (Å²) in [5, 5.41) is 4.32. The van der Waals surface area contributed by atoms with Crippen LogP contribution in [0.5, 0.6) is 0 Å². The van der Waals surface area contributed by atoms with Crippen molar-refractivity contribution < 1.29 is 4.79 Å². The number of hydrogen-bond acceptors (Lipinski definition) is 3. The van der Waals surface area contributed by atoms with Crippen LogP contribution in [-0.4, -0.2) is 56.2 Å². The number of aromatic nitrogens is 1. The van der Waals surface area contributed by atoms with E-state index in [1.165, 1.54) is 11.1 Å². The highest BCUT2D eigenvalue weighted by Gasteiger charge is 2.23. The number of aromatic amines is 1. The number of fused-ring (bicyclic) bond motifs is 1. The molecule has 1 saturated heterocycles. The highest BCUT2D eigenvalue weighted by molar-refractivity contribution is 5.93. The lowest BCUT2D eigenvalue weighted by Gasteiger charge is -2.36. The first-order valence-corrected chi connectivity index (χ1v) is 9.68. The summed E-state index contributed by atoms with van der Waals surface area (Å²) in [6.45, 7) is 5.11. The fraction of sp³-hybridized carbons (Fsp3) is 0.318. The smallest absolute Gasteiger partial charge is 0.321 e. The molecule has 1 fully saturated rings. The largest absolute Gasteiger partial charge is 0.377 e. The maximum atomic E-state index is 12.8. The Morgan fingerprint density at radius 2 is 1.79 bits per heavy atom. The molecule has 0 bridgehead atoms. The van der Waals surface area contributed by atoms with Crippen molar-refractivity contribution in [1.29, 1.82) is 0 Å². The van der Waals surface area contributed by atoms with Gasteiger partial charge in [0.2, 0.25) is 0 Å². The standard InChI is InChI=1S/C22H27N5O/c1-16-18(6-4-8-20(16)25(2)3)24-22(28)27-14-12-26(13-15-27)21-9-5-7-19-17(21)10-11-23-19/h4-11,23H,12-15H2,1-3H3,(H,24,28). The number of carbonyl (C=O) groups is 1. The monoisotopic (exact) mass is 377 g/mol. The van der Waals surface area contributed by atoms with E-state index in [9.17, 15) is 4.79 Å². The van der Waals surface area contributed by atoms with E-state index < -0.39 is 0 Å². The van der Waals surface area contributed by atoms with Crippen molar-refractivity contribution in [3.63, 3.8) is 0 Å². The molecule has 0 aliphatic carbocycles. The Hall–Kier alpha value is -3.15. The van der Waals surface area contributed by atoms with Gasteiger partial charge in [-0.3, -0.25) is 0 Å². The summed E-state index contributed by atoms with van der Waals surface area (Å²) in [6, 6.07) is 14.4. The number of hydrogen-bond donors (Lipinski definition) is 2. The summed E-state index contributed by atoms with van der Waals surface area (Å²) >= 11 is 0. The minimum Gasteiger partial charge on any atom is -0.377 e. The molecule has 0 radical (unpaired) electrons. The zero-order valence-electron chi connectivity index (χ0n) is 16.7. The Morgan fingerprint density at radius 1 is 1.04 bits per heavy atom. The quantitative estimate of drug-likeness (QED) is 0.728. The molecule has 28 heavy (non-hydrogen) atoms. The van der Waals surface area contributed by atoms with Crippen molar-refractivity contribution in [2.24, 2.45) is 0 Å². The van der Waals surface area contributed by atoms with Crippen molar-refractivity contribution >= 4 is 34.0 Å². The molecule has 1 aromatic heterocycles. The predicted octanol–water partition coefficient (Wildman–Crippen LogP) is 3.90. The van der Waals surface area contributed by atoms with E-state index in [0.29, 0.717) is 13.1 Å². The molecule has 4 rings (SSSR count). The number of anilines is 3. The van der Waals surface area contributed by atoms with Crippen molar-refractivity contribution in [3.05, 3.63) is 54.2 Å². The first-order valence-electron chi connectivity index (χ1n) is 9.68. The molecule has 1 aliphatic rings. The van der Waals surface area contributed by atoms with Crippen LogP contribution in [0.3, 0.4) is 0 Å². The molecule has 2 amide bonds. The van der Waals surface area contributed by atoms with E-state index in [4.69, 9.17) is 0 Å². The lowest BCUT2D eigenvalue weighted by molar-refractivity contribution is 0.208. The van der Waals surface area contributed by atoms with Crippen molar-refractivity contribution in [3.8, 4) is 0 Å². The molecule has 0 saturated carbocycles. The van der Waals surface area contributed by atoms with Crippen LogP contribution in [0, 0.1) is 6.92 Å². The van der Waals surface area contributed by atoms with Crippen LogP contribution < -0.4 is 15.1 Å². The summed E-state index contributed by atoms with van der Waals surface area (Å²) < 4.78 is 0. The first kappa shape index (κ1) is 18.2. The molecule has 0 atom stereocenters. The maximum Gasteiger partial charge on any atom is 0.321 e. The lowest BCUT2D eigenvalue weighted by atomic mass is 10.1. The fourth-order valence-electron chi connectivity index (χ4n) is 3.93. The second-order valence-corrected chi connectivity index (χ2v) is 7.46. The average Bonchev–Trinajstić information content (AvgIpc) is 3.18. The zero-order valence-corrected chi connectivity index (χ0v) is 16.7. The van der Waals surface area contributed by atoms with Gasteiger partial charge in [-0.1, -0.05) is 12.1 Å². The minimum atomic E-state index is -0.0292. The summed E-state index contributed by atoms with van der Waals surface area (Å²) in [5.41, 5.74) is 5.44. The van der Waals surface area contributed by atoms with Crippen LogP contribution in [0.2, 0.25) is 0 Å². The van der Waals surface area contributed by atoms with E-state index in [-0.39, 0.29) is 6.03 Å². The number of piperazine rings is 1. The molecule has 1 aliphatic heterocycles. The van der Waals surface area contributed by atoms with E-state index >= 15 is 0 Å². The summed E-state index contributed by atoms with van der Waals surface area (Å²) in [6.07, 6.45) is 1.97. The molecule has 0 unspecified atom stereocenters. The number of H-pyrrole nitrogens is 1. The molecule has 3 aromatic rings. The summed E-state index contributed by atoms with van der Waals surface area (Å²) in [4.78, 5) is 22.4. The van der Waals surface area contributed by atoms with Crippen LogP contribution in [0.25, 0.3) is 10.9 Å². The molecular weight excluding hydrogens is 350 g/mol. The van der Waals surface area contributed by atoms with Gasteiger partial charge in [0.25, 0.3) is 0 Å².